The molecule has 0 aliphatic heterocycles. The highest BCUT2D eigenvalue weighted by molar-refractivity contribution is 5.33. The first-order chi connectivity index (χ1) is 6.77. The zero-order valence-electron chi connectivity index (χ0n) is 8.99. The smallest absolute Gasteiger partial charge is 0.122 e. The van der Waals surface area contributed by atoms with Crippen LogP contribution in [-0.2, 0) is 6.42 Å². The van der Waals surface area contributed by atoms with E-state index in [-0.39, 0.29) is 0 Å². The van der Waals surface area contributed by atoms with Gasteiger partial charge in [-0.1, -0.05) is 25.1 Å². The summed E-state index contributed by atoms with van der Waals surface area (Å²) in [5.74, 6) is 1.60. The molecular formula is C12H19NO. The van der Waals surface area contributed by atoms with Gasteiger partial charge in [-0.2, -0.15) is 0 Å². The van der Waals surface area contributed by atoms with E-state index >= 15 is 0 Å². The Bertz CT molecular complexity index is 273. The minimum atomic E-state index is 0.622. The maximum absolute atomic E-state index is 5.52. The van der Waals surface area contributed by atoms with Crippen LogP contribution in [0.15, 0.2) is 24.3 Å². The minimum absolute atomic E-state index is 0.622. The normalized spacial score (nSPS) is 12.5. The lowest BCUT2D eigenvalue weighted by atomic mass is 9.97. The van der Waals surface area contributed by atoms with Crippen molar-refractivity contribution in [2.24, 2.45) is 11.7 Å². The van der Waals surface area contributed by atoms with Crippen LogP contribution >= 0.6 is 0 Å². The van der Waals surface area contributed by atoms with Gasteiger partial charge in [0, 0.05) is 0 Å². The molecule has 2 nitrogen and oxygen atoms in total. The predicted molar refractivity (Wildman–Crippen MR) is 59.5 cm³/mol. The first kappa shape index (κ1) is 11.1. The van der Waals surface area contributed by atoms with Crippen LogP contribution < -0.4 is 10.5 Å². The predicted octanol–water partition coefficient (Wildman–Crippen LogP) is 2.22. The van der Waals surface area contributed by atoms with E-state index in [9.17, 15) is 0 Å². The van der Waals surface area contributed by atoms with Gasteiger partial charge in [0.2, 0.25) is 0 Å². The van der Waals surface area contributed by atoms with Crippen LogP contribution in [0.3, 0.4) is 0 Å². The Kier molecular flexibility index (Phi) is 4.47. The summed E-state index contributed by atoms with van der Waals surface area (Å²) in [5, 5.41) is 0. The van der Waals surface area contributed by atoms with E-state index in [0.717, 1.165) is 25.1 Å². The van der Waals surface area contributed by atoms with Crippen molar-refractivity contribution in [2.45, 2.75) is 19.8 Å². The van der Waals surface area contributed by atoms with Gasteiger partial charge in [-0.25, -0.2) is 0 Å². The summed E-state index contributed by atoms with van der Waals surface area (Å²) in [4.78, 5) is 0. The van der Waals surface area contributed by atoms with Gasteiger partial charge in [-0.05, 0) is 36.9 Å². The Morgan fingerprint density at radius 3 is 2.71 bits per heavy atom. The summed E-state index contributed by atoms with van der Waals surface area (Å²) >= 11 is 0. The number of rotatable bonds is 5. The third-order valence-corrected chi connectivity index (χ3v) is 2.42. The minimum Gasteiger partial charge on any atom is -0.496 e. The standard InChI is InChI=1S/C12H19NO/c1-10(7-8-13)9-11-5-3-4-6-12(11)14-2/h3-6,10H,7-9,13H2,1-2H3/t10-/m1/s1. The van der Waals surface area contributed by atoms with Crippen molar-refractivity contribution >= 4 is 0 Å². The molecule has 1 rings (SSSR count). The van der Waals surface area contributed by atoms with Gasteiger partial charge in [0.1, 0.15) is 5.75 Å². The van der Waals surface area contributed by atoms with Gasteiger partial charge in [0.25, 0.3) is 0 Å². The van der Waals surface area contributed by atoms with Crippen LogP contribution in [0.5, 0.6) is 5.75 Å². The quantitative estimate of drug-likeness (QED) is 0.778. The molecule has 1 atom stereocenters. The molecule has 1 aromatic rings. The van der Waals surface area contributed by atoms with Gasteiger partial charge in [0.15, 0.2) is 0 Å². The van der Waals surface area contributed by atoms with Crippen LogP contribution in [0.25, 0.3) is 0 Å². The zero-order chi connectivity index (χ0) is 10.4. The lowest BCUT2D eigenvalue weighted by Gasteiger charge is -2.12. The third-order valence-electron chi connectivity index (χ3n) is 2.42. The van der Waals surface area contributed by atoms with Crippen molar-refractivity contribution < 1.29 is 4.74 Å². The second-order valence-electron chi connectivity index (χ2n) is 3.70. The molecule has 0 bridgehead atoms. The van der Waals surface area contributed by atoms with E-state index in [4.69, 9.17) is 10.5 Å². The zero-order valence-corrected chi connectivity index (χ0v) is 8.99. The van der Waals surface area contributed by atoms with Crippen LogP contribution in [-0.4, -0.2) is 13.7 Å². The fraction of sp³-hybridized carbons (Fsp3) is 0.500. The summed E-state index contributed by atoms with van der Waals surface area (Å²) < 4.78 is 5.29. The fourth-order valence-corrected chi connectivity index (χ4v) is 1.63. The van der Waals surface area contributed by atoms with E-state index < -0.39 is 0 Å². The molecule has 78 valence electrons. The molecule has 0 saturated carbocycles. The van der Waals surface area contributed by atoms with E-state index in [1.54, 1.807) is 7.11 Å². The second-order valence-corrected chi connectivity index (χ2v) is 3.70. The number of benzene rings is 1. The van der Waals surface area contributed by atoms with Crippen molar-refractivity contribution in [2.75, 3.05) is 13.7 Å². The molecule has 0 radical (unpaired) electrons. The molecule has 14 heavy (non-hydrogen) atoms. The Balaban J connectivity index is 2.65. The molecule has 0 saturated heterocycles. The van der Waals surface area contributed by atoms with Crippen molar-refractivity contribution in [1.82, 2.24) is 0 Å². The SMILES string of the molecule is COc1ccccc1C[C@H](C)CCN. The lowest BCUT2D eigenvalue weighted by Crippen LogP contribution is -2.08. The van der Waals surface area contributed by atoms with Crippen LogP contribution in [0.2, 0.25) is 0 Å². The summed E-state index contributed by atoms with van der Waals surface area (Å²) in [5.41, 5.74) is 6.80. The van der Waals surface area contributed by atoms with E-state index in [2.05, 4.69) is 13.0 Å². The maximum atomic E-state index is 5.52. The number of hydrogen-bond acceptors (Lipinski definition) is 2. The average molecular weight is 193 g/mol. The van der Waals surface area contributed by atoms with E-state index in [1.807, 2.05) is 18.2 Å². The van der Waals surface area contributed by atoms with Crippen molar-refractivity contribution in [3.05, 3.63) is 29.8 Å². The molecule has 0 fully saturated rings. The summed E-state index contributed by atoms with van der Waals surface area (Å²) in [6.07, 6.45) is 2.11. The summed E-state index contributed by atoms with van der Waals surface area (Å²) in [7, 11) is 1.71. The molecule has 2 heteroatoms. The molecule has 0 aliphatic rings. The van der Waals surface area contributed by atoms with Gasteiger partial charge in [-0.3, -0.25) is 0 Å². The average Bonchev–Trinajstić information content (AvgIpc) is 2.19. The van der Waals surface area contributed by atoms with Crippen molar-refractivity contribution in [1.29, 1.82) is 0 Å². The first-order valence-corrected chi connectivity index (χ1v) is 5.10. The topological polar surface area (TPSA) is 35.2 Å². The van der Waals surface area contributed by atoms with Gasteiger partial charge >= 0.3 is 0 Å². The number of methoxy groups -OCH3 is 1. The largest absolute Gasteiger partial charge is 0.496 e. The highest BCUT2D eigenvalue weighted by Crippen LogP contribution is 2.21. The van der Waals surface area contributed by atoms with Gasteiger partial charge < -0.3 is 10.5 Å². The molecule has 0 aromatic heterocycles. The molecule has 0 spiro atoms. The number of ether oxygens (including phenoxy) is 1. The molecule has 2 N–H and O–H groups in total. The molecule has 1 aromatic carbocycles. The second kappa shape index (κ2) is 5.66. The highest BCUT2D eigenvalue weighted by atomic mass is 16.5. The van der Waals surface area contributed by atoms with Gasteiger partial charge in [0.05, 0.1) is 7.11 Å². The third kappa shape index (κ3) is 3.04. The Labute approximate surface area is 86.1 Å². The molecule has 0 unspecified atom stereocenters. The fourth-order valence-electron chi connectivity index (χ4n) is 1.63. The number of hydrogen-bond donors (Lipinski definition) is 1. The van der Waals surface area contributed by atoms with Gasteiger partial charge in [-0.15, -0.1) is 0 Å². The molecule has 0 heterocycles. The highest BCUT2D eigenvalue weighted by Gasteiger charge is 2.06. The molecule has 0 amide bonds. The number of nitrogens with two attached hydrogens (primary N) is 1. The van der Waals surface area contributed by atoms with E-state index in [1.165, 1.54) is 5.56 Å². The molecular weight excluding hydrogens is 174 g/mol. The van der Waals surface area contributed by atoms with Crippen molar-refractivity contribution in [3.8, 4) is 5.75 Å². The first-order valence-electron chi connectivity index (χ1n) is 5.10. The monoisotopic (exact) mass is 193 g/mol. The Hall–Kier alpha value is -1.02. The van der Waals surface area contributed by atoms with Crippen LogP contribution in [0, 0.1) is 5.92 Å². The Morgan fingerprint density at radius 2 is 2.07 bits per heavy atom. The number of para-hydroxylation sites is 1. The van der Waals surface area contributed by atoms with Crippen LogP contribution in [0.1, 0.15) is 18.9 Å². The maximum Gasteiger partial charge on any atom is 0.122 e. The van der Waals surface area contributed by atoms with Crippen molar-refractivity contribution in [3.63, 3.8) is 0 Å². The van der Waals surface area contributed by atoms with Crippen LogP contribution in [0.4, 0.5) is 0 Å². The Morgan fingerprint density at radius 1 is 1.36 bits per heavy atom. The summed E-state index contributed by atoms with van der Waals surface area (Å²) in [6.45, 7) is 2.98. The van der Waals surface area contributed by atoms with E-state index in [0.29, 0.717) is 5.92 Å². The molecule has 0 aliphatic carbocycles. The summed E-state index contributed by atoms with van der Waals surface area (Å²) in [6, 6.07) is 8.17. The lowest BCUT2D eigenvalue weighted by molar-refractivity contribution is 0.404.